The van der Waals surface area contributed by atoms with Crippen LogP contribution in [0.4, 0.5) is 0 Å². The highest BCUT2D eigenvalue weighted by Crippen LogP contribution is 2.32. The number of nitrogens with one attached hydrogen (secondary N) is 1. The third-order valence-corrected chi connectivity index (χ3v) is 6.00. The summed E-state index contributed by atoms with van der Waals surface area (Å²) in [5.41, 5.74) is 8.36. The molecule has 0 saturated heterocycles. The molecule has 0 aliphatic heterocycles. The Hall–Kier alpha value is -3.28. The number of carbonyl (C=O) groups excluding carboxylic acids is 1. The first-order valence-corrected chi connectivity index (χ1v) is 10.8. The van der Waals surface area contributed by atoms with Gasteiger partial charge < -0.3 is 14.0 Å². The van der Waals surface area contributed by atoms with Crippen LogP contribution in [0, 0.1) is 0 Å². The molecule has 1 amide bonds. The molecule has 2 aromatic carbocycles. The summed E-state index contributed by atoms with van der Waals surface area (Å²) >= 11 is 0. The lowest BCUT2D eigenvalue weighted by molar-refractivity contribution is -0.121. The molecule has 1 N–H and O–H groups in total. The number of benzene rings is 2. The first-order valence-electron chi connectivity index (χ1n) is 10.8. The van der Waals surface area contributed by atoms with E-state index in [-0.39, 0.29) is 5.91 Å². The van der Waals surface area contributed by atoms with Crippen LogP contribution in [0.2, 0.25) is 0 Å². The predicted molar refractivity (Wildman–Crippen MR) is 123 cm³/mol. The van der Waals surface area contributed by atoms with E-state index < -0.39 is 0 Å². The molecule has 31 heavy (non-hydrogen) atoms. The molecule has 0 fully saturated rings. The molecule has 1 heterocycles. The second kappa shape index (κ2) is 9.25. The second-order valence-electron chi connectivity index (χ2n) is 7.85. The highest BCUT2D eigenvalue weighted by Gasteiger charge is 2.19. The third kappa shape index (κ3) is 4.29. The summed E-state index contributed by atoms with van der Waals surface area (Å²) in [5.74, 6) is 1.19. The first kappa shape index (κ1) is 21.0. The number of aryl methyl sites for hydroxylation is 2. The van der Waals surface area contributed by atoms with Gasteiger partial charge in [-0.1, -0.05) is 18.2 Å². The van der Waals surface area contributed by atoms with Crippen molar-refractivity contribution in [2.24, 2.45) is 5.10 Å². The number of ether oxygens (including phenoxy) is 2. The Labute approximate surface area is 182 Å². The van der Waals surface area contributed by atoms with Gasteiger partial charge in [-0.3, -0.25) is 4.79 Å². The molecule has 6 heteroatoms. The quantitative estimate of drug-likeness (QED) is 0.454. The van der Waals surface area contributed by atoms with E-state index in [9.17, 15) is 4.79 Å². The van der Waals surface area contributed by atoms with Gasteiger partial charge in [0.25, 0.3) is 0 Å². The number of amides is 1. The molecular weight excluding hydrogens is 390 g/mol. The van der Waals surface area contributed by atoms with Crippen molar-refractivity contribution in [3.63, 3.8) is 0 Å². The second-order valence-corrected chi connectivity index (χ2v) is 7.85. The Morgan fingerprint density at radius 2 is 1.84 bits per heavy atom. The Balaban J connectivity index is 1.44. The molecule has 3 aromatic rings. The van der Waals surface area contributed by atoms with Crippen molar-refractivity contribution in [2.75, 3.05) is 14.2 Å². The zero-order valence-corrected chi connectivity index (χ0v) is 18.4. The molecule has 0 unspecified atom stereocenters. The number of fused-ring (bicyclic) bond motifs is 3. The Morgan fingerprint density at radius 3 is 2.65 bits per heavy atom. The van der Waals surface area contributed by atoms with Gasteiger partial charge in [0.05, 0.1) is 19.9 Å². The highest BCUT2D eigenvalue weighted by atomic mass is 16.5. The minimum absolute atomic E-state index is 0.0952. The van der Waals surface area contributed by atoms with E-state index in [1.54, 1.807) is 14.2 Å². The fourth-order valence-electron chi connectivity index (χ4n) is 4.38. The van der Waals surface area contributed by atoms with Gasteiger partial charge in [-0.05, 0) is 62.4 Å². The number of aromatic nitrogens is 1. The van der Waals surface area contributed by atoms with Crippen LogP contribution in [0.1, 0.15) is 43.0 Å². The van der Waals surface area contributed by atoms with Crippen LogP contribution >= 0.6 is 0 Å². The SMILES string of the molecule is COc1ccc(C(C)=NNC(=O)CCn2c3c(c4ccccc42)CCCC3)cc1OC. The smallest absolute Gasteiger partial charge is 0.241 e. The summed E-state index contributed by atoms with van der Waals surface area (Å²) in [5, 5.41) is 5.62. The molecule has 0 saturated carbocycles. The van der Waals surface area contributed by atoms with Crippen molar-refractivity contribution in [3.05, 3.63) is 59.3 Å². The maximum atomic E-state index is 12.5. The van der Waals surface area contributed by atoms with E-state index >= 15 is 0 Å². The topological polar surface area (TPSA) is 64.8 Å². The Morgan fingerprint density at radius 1 is 1.06 bits per heavy atom. The van der Waals surface area contributed by atoms with E-state index in [0.717, 1.165) is 18.4 Å². The number of hydrazone groups is 1. The van der Waals surface area contributed by atoms with Gasteiger partial charge in [0.2, 0.25) is 5.91 Å². The molecule has 4 rings (SSSR count). The maximum absolute atomic E-state index is 12.5. The predicted octanol–water partition coefficient (Wildman–Crippen LogP) is 4.47. The fraction of sp³-hybridized carbons (Fsp3) is 0.360. The number of carbonyl (C=O) groups is 1. The number of hydrogen-bond donors (Lipinski definition) is 1. The van der Waals surface area contributed by atoms with E-state index in [1.807, 2.05) is 25.1 Å². The molecule has 0 spiro atoms. The van der Waals surface area contributed by atoms with E-state index in [4.69, 9.17) is 9.47 Å². The van der Waals surface area contributed by atoms with Gasteiger partial charge in [-0.15, -0.1) is 0 Å². The largest absolute Gasteiger partial charge is 0.493 e. The van der Waals surface area contributed by atoms with Crippen LogP contribution in [0.25, 0.3) is 10.9 Å². The highest BCUT2D eigenvalue weighted by molar-refractivity contribution is 5.99. The van der Waals surface area contributed by atoms with E-state index in [1.165, 1.54) is 35.0 Å². The molecule has 1 aliphatic carbocycles. The summed E-state index contributed by atoms with van der Waals surface area (Å²) in [7, 11) is 3.20. The van der Waals surface area contributed by atoms with Crippen LogP contribution in [0.5, 0.6) is 11.5 Å². The molecule has 162 valence electrons. The van der Waals surface area contributed by atoms with Gasteiger partial charge in [0.1, 0.15) is 0 Å². The molecule has 0 atom stereocenters. The first-order chi connectivity index (χ1) is 15.1. The number of para-hydroxylation sites is 1. The average Bonchev–Trinajstić information content (AvgIpc) is 3.14. The molecule has 1 aromatic heterocycles. The number of rotatable bonds is 7. The van der Waals surface area contributed by atoms with Crippen molar-refractivity contribution in [1.29, 1.82) is 0 Å². The van der Waals surface area contributed by atoms with Gasteiger partial charge in [-0.25, -0.2) is 5.43 Å². The monoisotopic (exact) mass is 419 g/mol. The number of methoxy groups -OCH3 is 2. The normalized spacial score (nSPS) is 13.7. The minimum Gasteiger partial charge on any atom is -0.493 e. The Bertz CT molecular complexity index is 1130. The van der Waals surface area contributed by atoms with E-state index in [0.29, 0.717) is 30.2 Å². The Kier molecular flexibility index (Phi) is 6.26. The van der Waals surface area contributed by atoms with Gasteiger partial charge >= 0.3 is 0 Å². The lowest BCUT2D eigenvalue weighted by Gasteiger charge is -2.15. The van der Waals surface area contributed by atoms with Crippen molar-refractivity contribution >= 4 is 22.5 Å². The van der Waals surface area contributed by atoms with Crippen LogP contribution in [0.15, 0.2) is 47.6 Å². The summed E-state index contributed by atoms with van der Waals surface area (Å²) < 4.78 is 12.9. The summed E-state index contributed by atoms with van der Waals surface area (Å²) in [6.45, 7) is 2.52. The van der Waals surface area contributed by atoms with Crippen molar-refractivity contribution in [1.82, 2.24) is 9.99 Å². The van der Waals surface area contributed by atoms with E-state index in [2.05, 4.69) is 39.4 Å². The van der Waals surface area contributed by atoms with Crippen molar-refractivity contribution < 1.29 is 14.3 Å². The minimum atomic E-state index is -0.0952. The standard InChI is InChI=1S/C25H29N3O3/c1-17(18-12-13-23(30-2)24(16-18)31-3)26-27-25(29)14-15-28-21-10-6-4-8-19(21)20-9-5-7-11-22(20)28/h4,6,8,10,12-13,16H,5,7,9,11,14-15H2,1-3H3,(H,27,29). The van der Waals surface area contributed by atoms with Gasteiger partial charge in [-0.2, -0.15) is 5.10 Å². The van der Waals surface area contributed by atoms with Crippen molar-refractivity contribution in [3.8, 4) is 11.5 Å². The van der Waals surface area contributed by atoms with Crippen LogP contribution < -0.4 is 14.9 Å². The van der Waals surface area contributed by atoms with Crippen LogP contribution in [-0.4, -0.2) is 30.4 Å². The fourth-order valence-corrected chi connectivity index (χ4v) is 4.38. The lowest BCUT2D eigenvalue weighted by Crippen LogP contribution is -2.21. The lowest BCUT2D eigenvalue weighted by atomic mass is 9.95. The molecular formula is C25H29N3O3. The molecule has 0 bridgehead atoms. The summed E-state index contributed by atoms with van der Waals surface area (Å²) in [6.07, 6.45) is 5.05. The summed E-state index contributed by atoms with van der Waals surface area (Å²) in [4.78, 5) is 12.5. The van der Waals surface area contributed by atoms with Gasteiger partial charge in [0, 0.05) is 35.1 Å². The van der Waals surface area contributed by atoms with Gasteiger partial charge in [0.15, 0.2) is 11.5 Å². The molecule has 1 aliphatic rings. The summed E-state index contributed by atoms with van der Waals surface area (Å²) in [6, 6.07) is 14.1. The van der Waals surface area contributed by atoms with Crippen molar-refractivity contribution in [2.45, 2.75) is 45.6 Å². The molecule has 6 nitrogen and oxygen atoms in total. The number of nitrogens with zero attached hydrogens (tertiary/aromatic N) is 2. The maximum Gasteiger partial charge on any atom is 0.241 e. The third-order valence-electron chi connectivity index (χ3n) is 6.00. The molecule has 0 radical (unpaired) electrons. The zero-order valence-electron chi connectivity index (χ0n) is 18.4. The number of hydrogen-bond acceptors (Lipinski definition) is 4. The zero-order chi connectivity index (χ0) is 21.8. The average molecular weight is 420 g/mol. The van der Waals surface area contributed by atoms with Crippen LogP contribution in [0.3, 0.4) is 0 Å². The van der Waals surface area contributed by atoms with Crippen LogP contribution in [-0.2, 0) is 24.2 Å².